The highest BCUT2D eigenvalue weighted by Gasteiger charge is 2.06. The first-order valence-electron chi connectivity index (χ1n) is 7.48. The zero-order valence-corrected chi connectivity index (χ0v) is 14.8. The molecule has 0 saturated carbocycles. The van der Waals surface area contributed by atoms with E-state index in [4.69, 9.17) is 37.4 Å². The number of halogens is 2. The molecule has 24 heavy (non-hydrogen) atoms. The van der Waals surface area contributed by atoms with Crippen molar-refractivity contribution < 1.29 is 19.0 Å². The van der Waals surface area contributed by atoms with Crippen LogP contribution in [0.25, 0.3) is 0 Å². The largest absolute Gasteiger partial charge is 0.493 e. The lowest BCUT2D eigenvalue weighted by Gasteiger charge is -2.11. The van der Waals surface area contributed by atoms with Gasteiger partial charge in [0.25, 0.3) is 0 Å². The Morgan fingerprint density at radius 3 is 2.29 bits per heavy atom. The quantitative estimate of drug-likeness (QED) is 0.458. The summed E-state index contributed by atoms with van der Waals surface area (Å²) in [5, 5.41) is 1.12. The molecule has 0 radical (unpaired) electrons. The number of carbonyl (C=O) groups excluding carboxylic acids is 1. The Labute approximate surface area is 151 Å². The summed E-state index contributed by atoms with van der Waals surface area (Å²) >= 11 is 11.9. The molecule has 0 aliphatic heterocycles. The minimum absolute atomic E-state index is 0.517. The molecule has 2 rings (SSSR count). The third-order valence-electron chi connectivity index (χ3n) is 3.27. The number of hydrogen-bond donors (Lipinski definition) is 0. The molecule has 0 aromatic heterocycles. The highest BCUT2D eigenvalue weighted by molar-refractivity contribution is 6.34. The van der Waals surface area contributed by atoms with Gasteiger partial charge in [-0.25, -0.2) is 0 Å². The molecule has 0 heterocycles. The van der Waals surface area contributed by atoms with E-state index in [1.165, 1.54) is 0 Å². The Morgan fingerprint density at radius 2 is 1.62 bits per heavy atom. The van der Waals surface area contributed by atoms with Gasteiger partial charge in [0, 0.05) is 16.7 Å². The third kappa shape index (κ3) is 5.32. The predicted octanol–water partition coefficient (Wildman–Crippen LogP) is 5.05. The van der Waals surface area contributed by atoms with Gasteiger partial charge in [-0.1, -0.05) is 23.2 Å². The maximum absolute atomic E-state index is 10.8. The van der Waals surface area contributed by atoms with Crippen LogP contribution in [-0.2, 0) is 0 Å². The summed E-state index contributed by atoms with van der Waals surface area (Å²) in [4.78, 5) is 10.8. The van der Waals surface area contributed by atoms with Gasteiger partial charge in [-0.3, -0.25) is 4.79 Å². The molecule has 4 nitrogen and oxygen atoms in total. The topological polar surface area (TPSA) is 44.8 Å². The molecule has 2 aromatic rings. The van der Waals surface area contributed by atoms with Gasteiger partial charge in [-0.2, -0.15) is 0 Å². The van der Waals surface area contributed by atoms with Crippen LogP contribution < -0.4 is 14.2 Å². The third-order valence-corrected chi connectivity index (χ3v) is 3.82. The summed E-state index contributed by atoms with van der Waals surface area (Å²) in [6.45, 7) is 1.04. The van der Waals surface area contributed by atoms with E-state index in [2.05, 4.69) is 0 Å². The van der Waals surface area contributed by atoms with Crippen molar-refractivity contribution in [3.63, 3.8) is 0 Å². The van der Waals surface area contributed by atoms with Crippen LogP contribution in [0.5, 0.6) is 17.2 Å². The molecule has 0 aliphatic carbocycles. The average Bonchev–Trinajstić information content (AvgIpc) is 2.60. The van der Waals surface area contributed by atoms with E-state index in [0.717, 1.165) is 19.1 Å². The second-order valence-corrected chi connectivity index (χ2v) is 5.85. The lowest BCUT2D eigenvalue weighted by Crippen LogP contribution is -2.03. The van der Waals surface area contributed by atoms with Gasteiger partial charge in [0.05, 0.1) is 25.3 Å². The van der Waals surface area contributed by atoms with E-state index in [0.29, 0.717) is 46.1 Å². The number of methoxy groups -OCH3 is 1. The van der Waals surface area contributed by atoms with Crippen molar-refractivity contribution in [2.75, 3.05) is 20.3 Å². The lowest BCUT2D eigenvalue weighted by molar-refractivity contribution is 0.112. The summed E-state index contributed by atoms with van der Waals surface area (Å²) in [5.74, 6) is 1.74. The number of unbranched alkanes of at least 4 members (excludes halogenated alkanes) is 1. The van der Waals surface area contributed by atoms with E-state index in [1.807, 2.05) is 0 Å². The summed E-state index contributed by atoms with van der Waals surface area (Å²) in [7, 11) is 1.54. The monoisotopic (exact) mass is 368 g/mol. The number of benzene rings is 2. The smallest absolute Gasteiger partial charge is 0.161 e. The van der Waals surface area contributed by atoms with Crippen molar-refractivity contribution in [2.24, 2.45) is 0 Å². The van der Waals surface area contributed by atoms with Gasteiger partial charge in [0.15, 0.2) is 11.5 Å². The minimum Gasteiger partial charge on any atom is -0.493 e. The summed E-state index contributed by atoms with van der Waals surface area (Å²) in [6, 6.07) is 10.2. The normalized spacial score (nSPS) is 10.3. The van der Waals surface area contributed by atoms with E-state index in [-0.39, 0.29) is 0 Å². The number of aldehydes is 1. The fraction of sp³-hybridized carbons (Fsp3) is 0.278. The highest BCUT2D eigenvalue weighted by atomic mass is 35.5. The molecule has 0 atom stereocenters. The summed E-state index contributed by atoms with van der Waals surface area (Å²) in [6.07, 6.45) is 2.37. The molecule has 0 fully saturated rings. The first-order chi connectivity index (χ1) is 11.6. The van der Waals surface area contributed by atoms with Crippen LogP contribution in [-0.4, -0.2) is 26.6 Å². The fourth-order valence-corrected chi connectivity index (χ4v) is 2.37. The summed E-state index contributed by atoms with van der Waals surface area (Å²) < 4.78 is 16.5. The second-order valence-electron chi connectivity index (χ2n) is 5.01. The first kappa shape index (κ1) is 18.4. The first-order valence-corrected chi connectivity index (χ1v) is 8.23. The predicted molar refractivity (Wildman–Crippen MR) is 95.1 cm³/mol. The Hall–Kier alpha value is -1.91. The maximum atomic E-state index is 10.8. The van der Waals surface area contributed by atoms with Crippen LogP contribution in [0.1, 0.15) is 23.2 Å². The van der Waals surface area contributed by atoms with E-state index in [1.54, 1.807) is 43.5 Å². The second kappa shape index (κ2) is 9.40. The van der Waals surface area contributed by atoms with Gasteiger partial charge >= 0.3 is 0 Å². The lowest BCUT2D eigenvalue weighted by atomic mass is 10.2. The molecule has 0 unspecified atom stereocenters. The molecule has 6 heteroatoms. The Morgan fingerprint density at radius 1 is 0.917 bits per heavy atom. The van der Waals surface area contributed by atoms with Crippen LogP contribution in [0.4, 0.5) is 0 Å². The molecule has 0 saturated heterocycles. The van der Waals surface area contributed by atoms with Crippen molar-refractivity contribution in [2.45, 2.75) is 12.8 Å². The van der Waals surface area contributed by atoms with Crippen LogP contribution in [0.3, 0.4) is 0 Å². The number of hydrogen-bond acceptors (Lipinski definition) is 4. The number of carbonyl (C=O) groups is 1. The number of rotatable bonds is 9. The van der Waals surface area contributed by atoms with Gasteiger partial charge in [-0.05, 0) is 43.2 Å². The van der Waals surface area contributed by atoms with Crippen LogP contribution in [0.2, 0.25) is 10.0 Å². The average molecular weight is 369 g/mol. The van der Waals surface area contributed by atoms with Crippen LogP contribution >= 0.6 is 23.2 Å². The van der Waals surface area contributed by atoms with Crippen molar-refractivity contribution in [3.05, 3.63) is 52.0 Å². The zero-order valence-electron chi connectivity index (χ0n) is 13.3. The molecule has 2 aromatic carbocycles. The van der Waals surface area contributed by atoms with Gasteiger partial charge in [-0.15, -0.1) is 0 Å². The van der Waals surface area contributed by atoms with Crippen LogP contribution in [0, 0.1) is 0 Å². The molecule has 0 amide bonds. The molecule has 128 valence electrons. The van der Waals surface area contributed by atoms with E-state index in [9.17, 15) is 4.79 Å². The molecule has 0 bridgehead atoms. The number of ether oxygens (including phenoxy) is 3. The van der Waals surface area contributed by atoms with Gasteiger partial charge in [0.1, 0.15) is 12.0 Å². The fourth-order valence-electron chi connectivity index (χ4n) is 2.03. The summed E-state index contributed by atoms with van der Waals surface area (Å²) in [5.41, 5.74) is 0.547. The molecule has 0 spiro atoms. The van der Waals surface area contributed by atoms with E-state index >= 15 is 0 Å². The highest BCUT2D eigenvalue weighted by Crippen LogP contribution is 2.29. The van der Waals surface area contributed by atoms with Crippen molar-refractivity contribution >= 4 is 29.5 Å². The minimum atomic E-state index is 0.517. The Bertz CT molecular complexity index is 689. The van der Waals surface area contributed by atoms with E-state index < -0.39 is 0 Å². The standard InChI is InChI=1S/C18H18Cl2O4/c1-22-18-10-13(12-21)4-7-16(18)23-8-2-3-9-24-17-11-14(19)5-6-15(17)20/h4-7,10-12H,2-3,8-9H2,1H3. The molecule has 0 aliphatic rings. The van der Waals surface area contributed by atoms with Crippen LogP contribution in [0.15, 0.2) is 36.4 Å². The zero-order chi connectivity index (χ0) is 17.4. The SMILES string of the molecule is COc1cc(C=O)ccc1OCCCCOc1cc(Cl)ccc1Cl. The Kier molecular flexibility index (Phi) is 7.22. The van der Waals surface area contributed by atoms with Gasteiger partial charge in [0.2, 0.25) is 0 Å². The Balaban J connectivity index is 1.73. The molecular formula is C18H18Cl2O4. The van der Waals surface area contributed by atoms with Crippen molar-refractivity contribution in [3.8, 4) is 17.2 Å². The van der Waals surface area contributed by atoms with Gasteiger partial charge < -0.3 is 14.2 Å². The maximum Gasteiger partial charge on any atom is 0.161 e. The van der Waals surface area contributed by atoms with Crippen molar-refractivity contribution in [1.29, 1.82) is 0 Å². The molecule has 0 N–H and O–H groups in total. The van der Waals surface area contributed by atoms with Crippen molar-refractivity contribution in [1.82, 2.24) is 0 Å². The molecular weight excluding hydrogens is 351 g/mol.